The monoisotopic (exact) mass is 833 g/mol. The number of fused-ring (bicyclic) bond motifs is 9. The zero-order valence-electron chi connectivity index (χ0n) is 27.0. The molecule has 6 nitrogen and oxygen atoms in total. The molecule has 51 heavy (non-hydrogen) atoms. The Balaban J connectivity index is 0.00000327. The van der Waals surface area contributed by atoms with E-state index >= 15 is 0 Å². The second-order valence-corrected chi connectivity index (χ2v) is 12.6. The van der Waals surface area contributed by atoms with Crippen LogP contribution in [0.3, 0.4) is 0 Å². The second-order valence-electron chi connectivity index (χ2n) is 12.6. The molecule has 0 saturated heterocycles. The molecular formula is C44H26N6Pt. The molecule has 5 heterocycles. The van der Waals surface area contributed by atoms with Crippen molar-refractivity contribution >= 4 is 65.5 Å². The summed E-state index contributed by atoms with van der Waals surface area (Å²) in [7, 11) is 0. The summed E-state index contributed by atoms with van der Waals surface area (Å²) >= 11 is 0. The summed E-state index contributed by atoms with van der Waals surface area (Å²) in [5.74, 6) is 0. The summed E-state index contributed by atoms with van der Waals surface area (Å²) in [6.07, 6.45) is 5.88. The Hall–Kier alpha value is -6.23. The van der Waals surface area contributed by atoms with Crippen molar-refractivity contribution in [3.63, 3.8) is 0 Å². The first-order valence-corrected chi connectivity index (χ1v) is 16.7. The van der Waals surface area contributed by atoms with Crippen molar-refractivity contribution in [1.29, 1.82) is 0 Å². The molecule has 0 aliphatic rings. The molecule has 0 N–H and O–H groups in total. The second kappa shape index (κ2) is 11.4. The third-order valence-electron chi connectivity index (χ3n) is 9.90. The van der Waals surface area contributed by atoms with Gasteiger partial charge in [0.25, 0.3) is 0 Å². The van der Waals surface area contributed by atoms with Crippen LogP contribution >= 0.6 is 0 Å². The maximum atomic E-state index is 4.86. The van der Waals surface area contributed by atoms with Crippen LogP contribution in [-0.2, 0) is 21.1 Å². The van der Waals surface area contributed by atoms with Crippen LogP contribution in [0.5, 0.6) is 0 Å². The van der Waals surface area contributed by atoms with Crippen molar-refractivity contribution in [3.8, 4) is 22.7 Å². The van der Waals surface area contributed by atoms with E-state index in [0.717, 1.165) is 72.1 Å². The molecule has 0 bridgehead atoms. The van der Waals surface area contributed by atoms with Crippen LogP contribution in [-0.4, -0.2) is 28.5 Å². The van der Waals surface area contributed by atoms with Crippen molar-refractivity contribution in [1.82, 2.24) is 28.5 Å². The molecule has 11 rings (SSSR count). The predicted molar refractivity (Wildman–Crippen MR) is 202 cm³/mol. The van der Waals surface area contributed by atoms with Gasteiger partial charge >= 0.3 is 21.1 Å². The van der Waals surface area contributed by atoms with Gasteiger partial charge in [-0.25, -0.2) is 4.98 Å². The summed E-state index contributed by atoms with van der Waals surface area (Å²) < 4.78 is 8.67. The Morgan fingerprint density at radius 2 is 0.980 bits per heavy atom. The molecule has 6 aromatic carbocycles. The average molecular weight is 834 g/mol. The Labute approximate surface area is 306 Å². The van der Waals surface area contributed by atoms with Crippen LogP contribution in [0.25, 0.3) is 88.3 Å². The predicted octanol–water partition coefficient (Wildman–Crippen LogP) is 10.2. The quantitative estimate of drug-likeness (QED) is 0.166. The summed E-state index contributed by atoms with van der Waals surface area (Å²) in [5, 5.41) is 11.9. The first-order chi connectivity index (χ1) is 24.8. The third kappa shape index (κ3) is 4.33. The van der Waals surface area contributed by atoms with Gasteiger partial charge in [0, 0.05) is 33.3 Å². The van der Waals surface area contributed by atoms with Gasteiger partial charge < -0.3 is 13.7 Å². The van der Waals surface area contributed by atoms with Gasteiger partial charge in [-0.1, -0.05) is 89.7 Å². The van der Waals surface area contributed by atoms with E-state index in [4.69, 9.17) is 10.1 Å². The van der Waals surface area contributed by atoms with Crippen molar-refractivity contribution in [3.05, 3.63) is 170 Å². The molecule has 0 unspecified atom stereocenters. The van der Waals surface area contributed by atoms with E-state index in [1.807, 2.05) is 23.1 Å². The Morgan fingerprint density at radius 1 is 0.431 bits per heavy atom. The van der Waals surface area contributed by atoms with E-state index in [-0.39, 0.29) is 21.1 Å². The van der Waals surface area contributed by atoms with E-state index in [0.29, 0.717) is 0 Å². The number of benzene rings is 6. The number of hydrogen-bond acceptors (Lipinski definition) is 2. The van der Waals surface area contributed by atoms with Gasteiger partial charge in [-0.15, -0.1) is 35.7 Å². The maximum absolute atomic E-state index is 4.86. The smallest absolute Gasteiger partial charge is 0.358 e. The molecule has 242 valence electrons. The summed E-state index contributed by atoms with van der Waals surface area (Å²) in [6.45, 7) is 0. The van der Waals surface area contributed by atoms with Gasteiger partial charge in [-0.2, -0.15) is 17.2 Å². The molecule has 0 aliphatic heterocycles. The molecular weight excluding hydrogens is 808 g/mol. The van der Waals surface area contributed by atoms with Gasteiger partial charge in [0.1, 0.15) is 5.65 Å². The number of nitrogens with zero attached hydrogens (tertiary/aromatic N) is 6. The molecule has 0 radical (unpaired) electrons. The molecule has 0 atom stereocenters. The summed E-state index contributed by atoms with van der Waals surface area (Å²) in [6, 6.07) is 56.3. The number of rotatable bonds is 4. The minimum Gasteiger partial charge on any atom is -0.358 e. The van der Waals surface area contributed by atoms with Crippen LogP contribution in [0.2, 0.25) is 0 Å². The van der Waals surface area contributed by atoms with Crippen molar-refractivity contribution in [2.45, 2.75) is 0 Å². The van der Waals surface area contributed by atoms with Crippen LogP contribution in [0.4, 0.5) is 0 Å². The Bertz CT molecular complexity index is 3020. The molecule has 0 fully saturated rings. The zero-order valence-corrected chi connectivity index (χ0v) is 29.3. The van der Waals surface area contributed by atoms with Crippen LogP contribution in [0, 0.1) is 12.1 Å². The molecule has 5 aromatic heterocycles. The number of aromatic nitrogens is 6. The minimum absolute atomic E-state index is 0. The van der Waals surface area contributed by atoms with Crippen LogP contribution in [0.1, 0.15) is 0 Å². The van der Waals surface area contributed by atoms with E-state index in [9.17, 15) is 0 Å². The zero-order chi connectivity index (χ0) is 32.8. The van der Waals surface area contributed by atoms with Gasteiger partial charge in [-0.3, -0.25) is 4.68 Å². The number of pyridine rings is 1. The molecule has 0 aliphatic carbocycles. The standard InChI is InChI=1S/C44H26N6.Pt/c1-6-19-40-33(13-1)34-14-2-7-20-41(34)49(40)32-27-46-47(28-32)29-22-23-37-35-15-3-5-18-39(35)48(43(37)26-29)30-11-9-12-31(25-30)50-42-21-8-4-16-36(42)38-17-10-24-45-44(38)50;/h1-24,27-28H;/q-2;+2. The van der Waals surface area contributed by atoms with Gasteiger partial charge in [-0.05, 0) is 47.5 Å². The normalized spacial score (nSPS) is 11.8. The van der Waals surface area contributed by atoms with Gasteiger partial charge in [0.15, 0.2) is 0 Å². The van der Waals surface area contributed by atoms with E-state index in [1.165, 1.54) is 16.2 Å². The topological polar surface area (TPSA) is 45.5 Å². The Morgan fingerprint density at radius 3 is 1.67 bits per heavy atom. The fraction of sp³-hybridized carbons (Fsp3) is 0. The fourth-order valence-corrected chi connectivity index (χ4v) is 7.77. The summed E-state index contributed by atoms with van der Waals surface area (Å²) in [4.78, 5) is 4.80. The first-order valence-electron chi connectivity index (χ1n) is 16.7. The maximum Gasteiger partial charge on any atom is 2.00 e. The van der Waals surface area contributed by atoms with Crippen molar-refractivity contribution < 1.29 is 21.1 Å². The van der Waals surface area contributed by atoms with E-state index in [1.54, 1.807) is 0 Å². The molecule has 0 saturated carbocycles. The Kier molecular flexibility index (Phi) is 6.64. The van der Waals surface area contributed by atoms with Crippen molar-refractivity contribution in [2.75, 3.05) is 0 Å². The first kappa shape index (κ1) is 29.7. The van der Waals surface area contributed by atoms with E-state index in [2.05, 4.69) is 165 Å². The van der Waals surface area contributed by atoms with E-state index < -0.39 is 0 Å². The molecule has 0 amide bonds. The average Bonchev–Trinajstić information content (AvgIpc) is 3.94. The number of hydrogen-bond donors (Lipinski definition) is 0. The number of para-hydroxylation sites is 4. The van der Waals surface area contributed by atoms with Crippen LogP contribution in [0.15, 0.2) is 158 Å². The van der Waals surface area contributed by atoms with Crippen LogP contribution < -0.4 is 0 Å². The van der Waals surface area contributed by atoms with Gasteiger partial charge in [0.2, 0.25) is 0 Å². The van der Waals surface area contributed by atoms with Gasteiger partial charge in [0.05, 0.1) is 34.6 Å². The fourth-order valence-electron chi connectivity index (χ4n) is 7.77. The molecule has 0 spiro atoms. The molecule has 11 aromatic rings. The molecule has 7 heteroatoms. The largest absolute Gasteiger partial charge is 2.00 e. The SMILES string of the molecule is [Pt+2].[c-]1c(-n2c3[c-]c(-n4cc(-n5c6ccccc6c6ccccc65)cn4)ccc3c3ccccc32)cccc1-n1c2ccccc2c2cccnc21. The minimum atomic E-state index is 0. The summed E-state index contributed by atoms with van der Waals surface area (Å²) in [5.41, 5.74) is 10.1. The van der Waals surface area contributed by atoms with Crippen molar-refractivity contribution in [2.24, 2.45) is 0 Å². The third-order valence-corrected chi connectivity index (χ3v) is 9.90.